The number of nitrogens with zero attached hydrogens (tertiary/aromatic N) is 4. The van der Waals surface area contributed by atoms with Crippen molar-refractivity contribution < 1.29 is 9.53 Å². The van der Waals surface area contributed by atoms with E-state index in [1.807, 2.05) is 38.1 Å². The first-order valence-corrected chi connectivity index (χ1v) is 9.53. The molecular formula is C22H24N4O2. The average molecular weight is 376 g/mol. The molecule has 1 aromatic carbocycles. The van der Waals surface area contributed by atoms with Crippen LogP contribution in [0.25, 0.3) is 16.9 Å². The van der Waals surface area contributed by atoms with Gasteiger partial charge in [-0.2, -0.15) is 5.26 Å². The maximum Gasteiger partial charge on any atom is 0.305 e. The number of carbonyl (C=O) groups excluding carboxylic acids is 1. The van der Waals surface area contributed by atoms with Gasteiger partial charge in [-0.15, -0.1) is 0 Å². The van der Waals surface area contributed by atoms with Crippen molar-refractivity contribution in [2.45, 2.75) is 47.0 Å². The van der Waals surface area contributed by atoms with E-state index >= 15 is 0 Å². The Kier molecular flexibility index (Phi) is 5.74. The van der Waals surface area contributed by atoms with Crippen molar-refractivity contribution in [3.63, 3.8) is 0 Å². The van der Waals surface area contributed by atoms with E-state index in [-0.39, 0.29) is 5.97 Å². The van der Waals surface area contributed by atoms with E-state index in [2.05, 4.69) is 22.5 Å². The van der Waals surface area contributed by atoms with Gasteiger partial charge in [0.05, 0.1) is 17.9 Å². The van der Waals surface area contributed by atoms with Crippen LogP contribution in [0.1, 0.15) is 48.5 Å². The number of carbonyl (C=O) groups is 1. The van der Waals surface area contributed by atoms with Gasteiger partial charge in [-0.05, 0) is 37.1 Å². The number of esters is 1. The molecule has 2 aromatic heterocycles. The highest BCUT2D eigenvalue weighted by molar-refractivity contribution is 5.80. The van der Waals surface area contributed by atoms with Crippen molar-refractivity contribution in [3.05, 3.63) is 52.5 Å². The van der Waals surface area contributed by atoms with Gasteiger partial charge in [0, 0.05) is 24.9 Å². The Morgan fingerprint density at radius 3 is 2.50 bits per heavy atom. The van der Waals surface area contributed by atoms with Crippen molar-refractivity contribution in [3.8, 4) is 11.8 Å². The molecule has 6 heteroatoms. The molecule has 3 aromatic rings. The molecule has 0 saturated heterocycles. The largest absolute Gasteiger partial charge is 0.465 e. The van der Waals surface area contributed by atoms with Gasteiger partial charge in [0.2, 0.25) is 0 Å². The van der Waals surface area contributed by atoms with Crippen LogP contribution in [0.2, 0.25) is 0 Å². The van der Waals surface area contributed by atoms with Crippen molar-refractivity contribution in [2.75, 3.05) is 6.61 Å². The molecular weight excluding hydrogens is 352 g/mol. The van der Waals surface area contributed by atoms with Gasteiger partial charge in [-0.25, -0.2) is 9.97 Å². The van der Waals surface area contributed by atoms with Crippen LogP contribution in [0, 0.1) is 25.2 Å². The van der Waals surface area contributed by atoms with Crippen molar-refractivity contribution in [1.29, 1.82) is 5.26 Å². The summed E-state index contributed by atoms with van der Waals surface area (Å²) >= 11 is 0. The monoisotopic (exact) mass is 376 g/mol. The van der Waals surface area contributed by atoms with Gasteiger partial charge >= 0.3 is 5.97 Å². The molecule has 6 nitrogen and oxygen atoms in total. The molecule has 0 radical (unpaired) electrons. The van der Waals surface area contributed by atoms with Gasteiger partial charge in [0.15, 0.2) is 5.65 Å². The van der Waals surface area contributed by atoms with Crippen molar-refractivity contribution in [1.82, 2.24) is 14.5 Å². The van der Waals surface area contributed by atoms with Crippen LogP contribution >= 0.6 is 0 Å². The molecule has 0 aliphatic carbocycles. The zero-order chi connectivity index (χ0) is 20.3. The third kappa shape index (κ3) is 3.61. The Balaban J connectivity index is 1.97. The molecule has 0 spiro atoms. The lowest BCUT2D eigenvalue weighted by Crippen LogP contribution is -2.06. The van der Waals surface area contributed by atoms with Gasteiger partial charge in [-0.3, -0.25) is 9.36 Å². The molecule has 0 fully saturated rings. The minimum atomic E-state index is -0.178. The van der Waals surface area contributed by atoms with Gasteiger partial charge in [0.1, 0.15) is 17.4 Å². The highest BCUT2D eigenvalue weighted by Crippen LogP contribution is 2.26. The number of hydrogen-bond donors (Lipinski definition) is 0. The number of imidazole rings is 1. The smallest absolute Gasteiger partial charge is 0.305 e. The molecule has 28 heavy (non-hydrogen) atoms. The van der Waals surface area contributed by atoms with Crippen LogP contribution in [0.3, 0.4) is 0 Å². The van der Waals surface area contributed by atoms with E-state index < -0.39 is 0 Å². The van der Waals surface area contributed by atoms with E-state index in [0.717, 1.165) is 40.2 Å². The summed E-state index contributed by atoms with van der Waals surface area (Å²) in [5.41, 5.74) is 5.80. The molecule has 0 aliphatic heterocycles. The quantitative estimate of drug-likeness (QED) is 0.608. The number of aromatic nitrogens is 3. The zero-order valence-corrected chi connectivity index (χ0v) is 16.7. The maximum absolute atomic E-state index is 11.2. The third-order valence-electron chi connectivity index (χ3n) is 4.85. The van der Waals surface area contributed by atoms with E-state index in [0.29, 0.717) is 30.7 Å². The topological polar surface area (TPSA) is 80.8 Å². The Hall–Kier alpha value is -3.20. The molecule has 0 amide bonds. The van der Waals surface area contributed by atoms with Gasteiger partial charge in [-0.1, -0.05) is 26.0 Å². The third-order valence-corrected chi connectivity index (χ3v) is 4.85. The number of aryl methyl sites for hydroxylation is 3. The van der Waals surface area contributed by atoms with Gasteiger partial charge in [0.25, 0.3) is 0 Å². The number of rotatable bonds is 6. The molecule has 0 unspecified atom stereocenters. The van der Waals surface area contributed by atoms with Crippen molar-refractivity contribution >= 4 is 17.1 Å². The lowest BCUT2D eigenvalue weighted by atomic mass is 10.1. The Labute approximate surface area is 164 Å². The first-order chi connectivity index (χ1) is 13.5. The van der Waals surface area contributed by atoms with Gasteiger partial charge < -0.3 is 4.74 Å². The molecule has 0 saturated carbocycles. The predicted molar refractivity (Wildman–Crippen MR) is 107 cm³/mol. The summed E-state index contributed by atoms with van der Waals surface area (Å²) < 4.78 is 7.20. The summed E-state index contributed by atoms with van der Waals surface area (Å²) in [5.74, 6) is 0.729. The van der Waals surface area contributed by atoms with Crippen LogP contribution in [0.4, 0.5) is 0 Å². The Morgan fingerprint density at radius 2 is 1.89 bits per heavy atom. The molecule has 3 rings (SSSR count). The SMILES string of the molecule is CCC(=O)OCCc1ccc(-n2c(CC)nc3c(C)c(C#N)c(C)nc32)cc1. The zero-order valence-electron chi connectivity index (χ0n) is 16.7. The number of pyridine rings is 1. The van der Waals surface area contributed by atoms with Crippen LogP contribution in [-0.4, -0.2) is 27.1 Å². The molecule has 0 aliphatic rings. The van der Waals surface area contributed by atoms with Crippen LogP contribution in [0.5, 0.6) is 0 Å². The number of ether oxygens (including phenoxy) is 1. The first kappa shape index (κ1) is 19.6. The second-order valence-electron chi connectivity index (χ2n) is 6.69. The molecule has 0 bridgehead atoms. The second kappa shape index (κ2) is 8.22. The summed E-state index contributed by atoms with van der Waals surface area (Å²) in [6.07, 6.45) is 1.83. The number of benzene rings is 1. The summed E-state index contributed by atoms with van der Waals surface area (Å²) in [5, 5.41) is 9.40. The molecule has 0 N–H and O–H groups in total. The summed E-state index contributed by atoms with van der Waals surface area (Å²) in [4.78, 5) is 20.7. The van der Waals surface area contributed by atoms with E-state index in [1.165, 1.54) is 0 Å². The standard InChI is InChI=1S/C22H24N4O2/c1-5-19-25-21-14(3)18(13-23)15(4)24-22(21)26(19)17-9-7-16(8-10-17)11-12-28-20(27)6-2/h7-10H,5-6,11-12H2,1-4H3. The normalized spacial score (nSPS) is 10.8. The average Bonchev–Trinajstić information content (AvgIpc) is 3.07. The van der Waals surface area contributed by atoms with Crippen LogP contribution in [-0.2, 0) is 22.4 Å². The highest BCUT2D eigenvalue weighted by Gasteiger charge is 2.18. The Morgan fingerprint density at radius 1 is 1.18 bits per heavy atom. The summed E-state index contributed by atoms with van der Waals surface area (Å²) in [7, 11) is 0. The minimum absolute atomic E-state index is 0.178. The Bertz CT molecular complexity index is 1060. The number of hydrogen-bond acceptors (Lipinski definition) is 5. The highest BCUT2D eigenvalue weighted by atomic mass is 16.5. The lowest BCUT2D eigenvalue weighted by Gasteiger charge is -2.10. The minimum Gasteiger partial charge on any atom is -0.465 e. The molecule has 0 atom stereocenters. The van der Waals surface area contributed by atoms with Crippen LogP contribution < -0.4 is 0 Å². The van der Waals surface area contributed by atoms with E-state index in [1.54, 1.807) is 6.92 Å². The second-order valence-corrected chi connectivity index (χ2v) is 6.69. The van der Waals surface area contributed by atoms with Crippen molar-refractivity contribution in [2.24, 2.45) is 0 Å². The van der Waals surface area contributed by atoms with E-state index in [9.17, 15) is 10.1 Å². The summed E-state index contributed by atoms with van der Waals surface area (Å²) in [6.45, 7) is 8.01. The fourth-order valence-electron chi connectivity index (χ4n) is 3.29. The predicted octanol–water partition coefficient (Wildman–Crippen LogP) is 3.97. The lowest BCUT2D eigenvalue weighted by molar-refractivity contribution is -0.143. The first-order valence-electron chi connectivity index (χ1n) is 9.53. The number of nitriles is 1. The fraction of sp³-hybridized carbons (Fsp3) is 0.364. The maximum atomic E-state index is 11.2. The molecule has 2 heterocycles. The molecule has 144 valence electrons. The number of fused-ring (bicyclic) bond motifs is 1. The van der Waals surface area contributed by atoms with Crippen LogP contribution in [0.15, 0.2) is 24.3 Å². The fourth-order valence-corrected chi connectivity index (χ4v) is 3.29. The summed E-state index contributed by atoms with van der Waals surface area (Å²) in [6, 6.07) is 10.4. The van der Waals surface area contributed by atoms with E-state index in [4.69, 9.17) is 9.72 Å².